The van der Waals surface area contributed by atoms with Crippen LogP contribution in [0.25, 0.3) is 0 Å². The number of carbonyl (C=O) groups is 1. The van der Waals surface area contributed by atoms with Crippen LogP contribution in [0.4, 0.5) is 0 Å². The maximum atomic E-state index is 11.9. The van der Waals surface area contributed by atoms with Gasteiger partial charge >= 0.3 is 0 Å². The standard InChI is InChI=1S/C15H16N2OS2/c18-14(13-8-4-9-17-15(13)19)16-10-5-11-20-12-6-2-1-3-7-12/h1-4,6-9H,5,10-11H2,(H,16,18)(H,17,19). The van der Waals surface area contributed by atoms with Crippen molar-refractivity contribution in [3.63, 3.8) is 0 Å². The Morgan fingerprint density at radius 3 is 2.75 bits per heavy atom. The molecule has 0 unspecified atom stereocenters. The number of thioether (sulfide) groups is 1. The van der Waals surface area contributed by atoms with Gasteiger partial charge in [-0.1, -0.05) is 30.4 Å². The van der Waals surface area contributed by atoms with Crippen molar-refractivity contribution < 1.29 is 4.79 Å². The van der Waals surface area contributed by atoms with Crippen LogP contribution in [-0.2, 0) is 0 Å². The Hall–Kier alpha value is -1.59. The molecule has 0 saturated carbocycles. The third kappa shape index (κ3) is 4.51. The number of benzene rings is 1. The highest BCUT2D eigenvalue weighted by atomic mass is 32.2. The molecule has 0 aliphatic carbocycles. The van der Waals surface area contributed by atoms with E-state index in [-0.39, 0.29) is 5.91 Å². The van der Waals surface area contributed by atoms with E-state index in [1.54, 1.807) is 30.1 Å². The zero-order chi connectivity index (χ0) is 14.2. The molecule has 2 rings (SSSR count). The molecule has 20 heavy (non-hydrogen) atoms. The summed E-state index contributed by atoms with van der Waals surface area (Å²) in [4.78, 5) is 16.0. The molecule has 0 aliphatic rings. The first-order chi connectivity index (χ1) is 9.77. The minimum Gasteiger partial charge on any atom is -0.352 e. The van der Waals surface area contributed by atoms with E-state index in [4.69, 9.17) is 12.2 Å². The van der Waals surface area contributed by atoms with Crippen molar-refractivity contribution in [1.82, 2.24) is 10.3 Å². The minimum absolute atomic E-state index is 0.114. The van der Waals surface area contributed by atoms with Crippen LogP contribution in [0.1, 0.15) is 16.8 Å². The molecule has 1 heterocycles. The number of H-pyrrole nitrogens is 1. The monoisotopic (exact) mass is 304 g/mol. The van der Waals surface area contributed by atoms with Crippen LogP contribution in [-0.4, -0.2) is 23.2 Å². The zero-order valence-electron chi connectivity index (χ0n) is 11.0. The first-order valence-electron chi connectivity index (χ1n) is 6.41. The van der Waals surface area contributed by atoms with Gasteiger partial charge in [0.05, 0.1) is 5.56 Å². The van der Waals surface area contributed by atoms with Crippen LogP contribution in [0.5, 0.6) is 0 Å². The fraction of sp³-hybridized carbons (Fsp3) is 0.200. The van der Waals surface area contributed by atoms with E-state index in [1.165, 1.54) is 4.90 Å². The molecule has 0 saturated heterocycles. The summed E-state index contributed by atoms with van der Waals surface area (Å²) < 4.78 is 0.476. The lowest BCUT2D eigenvalue weighted by atomic mass is 10.2. The molecular formula is C15H16N2OS2. The minimum atomic E-state index is -0.114. The summed E-state index contributed by atoms with van der Waals surface area (Å²) in [6.07, 6.45) is 2.64. The predicted molar refractivity (Wildman–Crippen MR) is 85.7 cm³/mol. The largest absolute Gasteiger partial charge is 0.352 e. The first-order valence-corrected chi connectivity index (χ1v) is 7.80. The van der Waals surface area contributed by atoms with E-state index < -0.39 is 0 Å². The van der Waals surface area contributed by atoms with Gasteiger partial charge in [0.1, 0.15) is 4.64 Å². The van der Waals surface area contributed by atoms with Crippen LogP contribution in [0, 0.1) is 4.64 Å². The lowest BCUT2D eigenvalue weighted by Crippen LogP contribution is -2.25. The Kier molecular flexibility index (Phi) is 5.83. The number of nitrogens with one attached hydrogen (secondary N) is 2. The first kappa shape index (κ1) is 14.8. The second kappa shape index (κ2) is 7.87. The van der Waals surface area contributed by atoms with Crippen molar-refractivity contribution >= 4 is 29.9 Å². The Bertz CT molecular complexity index is 611. The predicted octanol–water partition coefficient (Wildman–Crippen LogP) is 3.66. The van der Waals surface area contributed by atoms with Gasteiger partial charge in [0, 0.05) is 17.6 Å². The Morgan fingerprint density at radius 1 is 1.20 bits per heavy atom. The summed E-state index contributed by atoms with van der Waals surface area (Å²) in [5, 5.41) is 2.89. The zero-order valence-corrected chi connectivity index (χ0v) is 12.6. The van der Waals surface area contributed by atoms with Gasteiger partial charge in [-0.05, 0) is 36.4 Å². The van der Waals surface area contributed by atoms with Crippen molar-refractivity contribution in [2.24, 2.45) is 0 Å². The molecule has 1 aromatic heterocycles. The summed E-state index contributed by atoms with van der Waals surface area (Å²) in [5.74, 6) is 0.864. The van der Waals surface area contributed by atoms with Gasteiger partial charge in [-0.15, -0.1) is 11.8 Å². The van der Waals surface area contributed by atoms with Gasteiger partial charge in [0.25, 0.3) is 5.91 Å². The van der Waals surface area contributed by atoms with E-state index >= 15 is 0 Å². The molecule has 0 aliphatic heterocycles. The van der Waals surface area contributed by atoms with Crippen LogP contribution in [0.2, 0.25) is 0 Å². The van der Waals surface area contributed by atoms with Crippen molar-refractivity contribution in [3.8, 4) is 0 Å². The molecule has 0 spiro atoms. The van der Waals surface area contributed by atoms with E-state index in [0.717, 1.165) is 12.2 Å². The molecule has 0 atom stereocenters. The van der Waals surface area contributed by atoms with Crippen molar-refractivity contribution in [2.45, 2.75) is 11.3 Å². The highest BCUT2D eigenvalue weighted by molar-refractivity contribution is 7.99. The number of aromatic amines is 1. The lowest BCUT2D eigenvalue weighted by Gasteiger charge is -2.05. The average Bonchev–Trinajstić information content (AvgIpc) is 2.48. The molecule has 3 nitrogen and oxygen atoms in total. The summed E-state index contributed by atoms with van der Waals surface area (Å²) in [5.41, 5.74) is 0.526. The Balaban J connectivity index is 1.70. The number of carbonyl (C=O) groups excluding carboxylic acids is 1. The third-order valence-electron chi connectivity index (χ3n) is 2.68. The Labute approximate surface area is 127 Å². The normalized spacial score (nSPS) is 10.2. The molecular weight excluding hydrogens is 288 g/mol. The van der Waals surface area contributed by atoms with E-state index in [2.05, 4.69) is 22.4 Å². The summed E-state index contributed by atoms with van der Waals surface area (Å²) >= 11 is 6.87. The van der Waals surface area contributed by atoms with Crippen LogP contribution in [0.3, 0.4) is 0 Å². The Morgan fingerprint density at radius 2 is 2.00 bits per heavy atom. The molecule has 2 N–H and O–H groups in total. The summed E-state index contributed by atoms with van der Waals surface area (Å²) in [6.45, 7) is 0.655. The number of amides is 1. The van der Waals surface area contributed by atoms with Gasteiger partial charge in [-0.2, -0.15) is 0 Å². The van der Waals surface area contributed by atoms with Gasteiger partial charge in [-0.3, -0.25) is 4.79 Å². The molecule has 2 aromatic rings. The quantitative estimate of drug-likeness (QED) is 0.486. The number of aromatic nitrogens is 1. The molecule has 104 valence electrons. The lowest BCUT2D eigenvalue weighted by molar-refractivity contribution is 0.0953. The van der Waals surface area contributed by atoms with Gasteiger partial charge in [-0.25, -0.2) is 0 Å². The van der Waals surface area contributed by atoms with E-state index in [1.807, 2.05) is 18.2 Å². The van der Waals surface area contributed by atoms with Crippen LogP contribution >= 0.6 is 24.0 Å². The van der Waals surface area contributed by atoms with E-state index in [9.17, 15) is 4.79 Å². The fourth-order valence-electron chi connectivity index (χ4n) is 1.68. The SMILES string of the molecule is O=C(NCCCSc1ccccc1)c1ccc[nH]c1=S. The van der Waals surface area contributed by atoms with Crippen molar-refractivity contribution in [1.29, 1.82) is 0 Å². The summed E-state index contributed by atoms with van der Waals surface area (Å²) in [7, 11) is 0. The van der Waals surface area contributed by atoms with Gasteiger partial charge < -0.3 is 10.3 Å². The molecule has 5 heteroatoms. The topological polar surface area (TPSA) is 44.9 Å². The highest BCUT2D eigenvalue weighted by Gasteiger charge is 2.05. The van der Waals surface area contributed by atoms with Crippen LogP contribution < -0.4 is 5.32 Å². The van der Waals surface area contributed by atoms with Crippen molar-refractivity contribution in [2.75, 3.05) is 12.3 Å². The molecule has 0 fully saturated rings. The number of hydrogen-bond acceptors (Lipinski definition) is 3. The number of pyridine rings is 1. The van der Waals surface area contributed by atoms with Crippen molar-refractivity contribution in [3.05, 3.63) is 58.9 Å². The summed E-state index contributed by atoms with van der Waals surface area (Å²) in [6, 6.07) is 13.7. The molecule has 1 amide bonds. The smallest absolute Gasteiger partial charge is 0.254 e. The molecule has 1 aromatic carbocycles. The van der Waals surface area contributed by atoms with Gasteiger partial charge in [0.15, 0.2) is 0 Å². The maximum absolute atomic E-state index is 11.9. The third-order valence-corrected chi connectivity index (χ3v) is 4.12. The molecule has 0 radical (unpaired) electrons. The number of rotatable bonds is 6. The average molecular weight is 304 g/mol. The van der Waals surface area contributed by atoms with Gasteiger partial charge in [0.2, 0.25) is 0 Å². The maximum Gasteiger partial charge on any atom is 0.254 e. The molecule has 0 bridgehead atoms. The highest BCUT2D eigenvalue weighted by Crippen LogP contribution is 2.17. The second-order valence-corrected chi connectivity index (χ2v) is 5.76. The van der Waals surface area contributed by atoms with E-state index in [0.29, 0.717) is 16.7 Å². The van der Waals surface area contributed by atoms with Crippen LogP contribution in [0.15, 0.2) is 53.6 Å². The number of hydrogen-bond donors (Lipinski definition) is 2. The second-order valence-electron chi connectivity index (χ2n) is 4.18. The fourth-order valence-corrected chi connectivity index (χ4v) is 2.78.